The molecule has 2 unspecified atom stereocenters. The maximum absolute atomic E-state index is 5.60. The molecule has 0 aliphatic carbocycles. The van der Waals surface area contributed by atoms with E-state index in [9.17, 15) is 0 Å². The molecule has 4 nitrogen and oxygen atoms in total. The van der Waals surface area contributed by atoms with Gasteiger partial charge >= 0.3 is 0 Å². The molecule has 0 saturated carbocycles. The summed E-state index contributed by atoms with van der Waals surface area (Å²) in [7, 11) is 1.88. The Hall–Kier alpha value is -0.870. The molecule has 14 heavy (non-hydrogen) atoms. The van der Waals surface area contributed by atoms with Gasteiger partial charge in [-0.2, -0.15) is 0 Å². The minimum atomic E-state index is 0.345. The van der Waals surface area contributed by atoms with Crippen LogP contribution in [0.25, 0.3) is 0 Å². The van der Waals surface area contributed by atoms with Crippen molar-refractivity contribution in [3.63, 3.8) is 0 Å². The normalized spacial score (nSPS) is 27.0. The van der Waals surface area contributed by atoms with Crippen LogP contribution >= 0.6 is 0 Å². The van der Waals surface area contributed by atoms with E-state index < -0.39 is 0 Å². The summed E-state index contributed by atoms with van der Waals surface area (Å²) < 4.78 is 11.1. The van der Waals surface area contributed by atoms with Gasteiger partial charge in [0.15, 0.2) is 0 Å². The van der Waals surface area contributed by atoms with Gasteiger partial charge in [0.1, 0.15) is 5.76 Å². The van der Waals surface area contributed by atoms with Gasteiger partial charge in [-0.05, 0) is 20.4 Å². The highest BCUT2D eigenvalue weighted by atomic mass is 16.5. The first-order valence-corrected chi connectivity index (χ1v) is 5.00. The van der Waals surface area contributed by atoms with Gasteiger partial charge in [-0.3, -0.25) is 0 Å². The average molecular weight is 196 g/mol. The van der Waals surface area contributed by atoms with E-state index in [1.54, 1.807) is 0 Å². The van der Waals surface area contributed by atoms with Crippen molar-refractivity contribution in [2.24, 2.45) is 0 Å². The molecular formula is C10H16N2O2. The first-order valence-electron chi connectivity index (χ1n) is 5.00. The number of nitrogens with one attached hydrogen (secondary N) is 1. The molecule has 4 heteroatoms. The van der Waals surface area contributed by atoms with Crippen LogP contribution in [-0.4, -0.2) is 24.7 Å². The first-order chi connectivity index (χ1) is 6.79. The van der Waals surface area contributed by atoms with E-state index >= 15 is 0 Å². The maximum Gasteiger partial charge on any atom is 0.208 e. The zero-order valence-corrected chi connectivity index (χ0v) is 8.62. The second-order valence-electron chi connectivity index (χ2n) is 3.76. The largest absolute Gasteiger partial charge is 0.444 e. The Morgan fingerprint density at radius 1 is 1.64 bits per heavy atom. The Bertz CT molecular complexity index is 298. The summed E-state index contributed by atoms with van der Waals surface area (Å²) in [5.41, 5.74) is 0. The molecule has 2 heterocycles. The smallest absolute Gasteiger partial charge is 0.208 e. The zero-order valence-electron chi connectivity index (χ0n) is 8.62. The van der Waals surface area contributed by atoms with Crippen LogP contribution < -0.4 is 5.32 Å². The molecule has 0 radical (unpaired) electrons. The first kappa shape index (κ1) is 9.68. The van der Waals surface area contributed by atoms with Crippen molar-refractivity contribution in [1.29, 1.82) is 0 Å². The second kappa shape index (κ2) is 4.11. The SMILES string of the molecule is CNCc1ncc(C2COC(C)C2)o1. The highest BCUT2D eigenvalue weighted by Gasteiger charge is 2.26. The fourth-order valence-corrected chi connectivity index (χ4v) is 1.76. The number of ether oxygens (including phenoxy) is 1. The Labute approximate surface area is 83.7 Å². The Kier molecular flexibility index (Phi) is 2.84. The highest BCUT2D eigenvalue weighted by Crippen LogP contribution is 2.29. The lowest BCUT2D eigenvalue weighted by molar-refractivity contribution is 0.122. The van der Waals surface area contributed by atoms with E-state index in [1.165, 1.54) is 0 Å². The molecule has 0 aromatic carbocycles. The van der Waals surface area contributed by atoms with Crippen LogP contribution in [0, 0.1) is 0 Å². The van der Waals surface area contributed by atoms with Crippen molar-refractivity contribution < 1.29 is 9.15 Å². The monoisotopic (exact) mass is 196 g/mol. The van der Waals surface area contributed by atoms with Crippen LogP contribution in [0.15, 0.2) is 10.6 Å². The summed E-state index contributed by atoms with van der Waals surface area (Å²) in [6.45, 7) is 3.53. The lowest BCUT2D eigenvalue weighted by Crippen LogP contribution is -2.04. The van der Waals surface area contributed by atoms with Crippen molar-refractivity contribution in [3.05, 3.63) is 17.8 Å². The molecule has 1 aromatic rings. The second-order valence-corrected chi connectivity index (χ2v) is 3.76. The zero-order chi connectivity index (χ0) is 9.97. The predicted molar refractivity (Wildman–Crippen MR) is 52.0 cm³/mol. The molecule has 0 spiro atoms. The van der Waals surface area contributed by atoms with Crippen molar-refractivity contribution in [2.45, 2.75) is 31.9 Å². The molecular weight excluding hydrogens is 180 g/mol. The summed E-state index contributed by atoms with van der Waals surface area (Å²) in [4.78, 5) is 4.19. The molecule has 0 amide bonds. The summed E-state index contributed by atoms with van der Waals surface area (Å²) in [6, 6.07) is 0. The van der Waals surface area contributed by atoms with Gasteiger partial charge in [0.25, 0.3) is 0 Å². The lowest BCUT2D eigenvalue weighted by atomic mass is 10.0. The van der Waals surface area contributed by atoms with Crippen LogP contribution in [-0.2, 0) is 11.3 Å². The quantitative estimate of drug-likeness (QED) is 0.791. The van der Waals surface area contributed by atoms with Gasteiger partial charge in [0.2, 0.25) is 5.89 Å². The van der Waals surface area contributed by atoms with Crippen molar-refractivity contribution in [3.8, 4) is 0 Å². The summed E-state index contributed by atoms with van der Waals surface area (Å²) in [6.07, 6.45) is 3.20. The highest BCUT2D eigenvalue weighted by molar-refractivity contribution is 5.04. The Morgan fingerprint density at radius 3 is 3.14 bits per heavy atom. The van der Waals surface area contributed by atoms with Crippen molar-refractivity contribution >= 4 is 0 Å². The van der Waals surface area contributed by atoms with Crippen LogP contribution in [0.4, 0.5) is 0 Å². The molecule has 1 fully saturated rings. The molecule has 1 N–H and O–H groups in total. The topological polar surface area (TPSA) is 47.3 Å². The van der Waals surface area contributed by atoms with Crippen molar-refractivity contribution in [1.82, 2.24) is 10.3 Å². The van der Waals surface area contributed by atoms with Gasteiger partial charge in [-0.25, -0.2) is 4.98 Å². The van der Waals surface area contributed by atoms with E-state index in [0.717, 1.165) is 24.7 Å². The van der Waals surface area contributed by atoms with E-state index in [4.69, 9.17) is 9.15 Å². The molecule has 78 valence electrons. The molecule has 1 aliphatic heterocycles. The van der Waals surface area contributed by atoms with E-state index in [1.807, 2.05) is 13.2 Å². The third-order valence-electron chi connectivity index (χ3n) is 2.50. The predicted octanol–water partition coefficient (Wildman–Crippen LogP) is 1.29. The van der Waals surface area contributed by atoms with Crippen LogP contribution in [0.5, 0.6) is 0 Å². The maximum atomic E-state index is 5.60. The van der Waals surface area contributed by atoms with E-state index in [2.05, 4.69) is 17.2 Å². The number of aromatic nitrogens is 1. The lowest BCUT2D eigenvalue weighted by Gasteiger charge is -2.01. The van der Waals surface area contributed by atoms with Gasteiger partial charge in [-0.15, -0.1) is 0 Å². The summed E-state index contributed by atoms with van der Waals surface area (Å²) >= 11 is 0. The molecule has 2 rings (SSSR count). The van der Waals surface area contributed by atoms with Gasteiger partial charge in [-0.1, -0.05) is 0 Å². The number of nitrogens with zero attached hydrogens (tertiary/aromatic N) is 1. The molecule has 1 saturated heterocycles. The van der Waals surface area contributed by atoms with Crippen molar-refractivity contribution in [2.75, 3.05) is 13.7 Å². The minimum absolute atomic E-state index is 0.345. The minimum Gasteiger partial charge on any atom is -0.444 e. The van der Waals surface area contributed by atoms with Gasteiger partial charge in [0, 0.05) is 5.92 Å². The van der Waals surface area contributed by atoms with Crippen LogP contribution in [0.1, 0.15) is 30.9 Å². The fraction of sp³-hybridized carbons (Fsp3) is 0.700. The molecule has 1 aromatic heterocycles. The van der Waals surface area contributed by atoms with E-state index in [0.29, 0.717) is 18.6 Å². The molecule has 2 atom stereocenters. The van der Waals surface area contributed by atoms with Gasteiger partial charge < -0.3 is 14.5 Å². The van der Waals surface area contributed by atoms with E-state index in [-0.39, 0.29) is 0 Å². The van der Waals surface area contributed by atoms with Crippen LogP contribution in [0.3, 0.4) is 0 Å². The number of hydrogen-bond acceptors (Lipinski definition) is 4. The van der Waals surface area contributed by atoms with Gasteiger partial charge in [0.05, 0.1) is 25.5 Å². The average Bonchev–Trinajstić information content (AvgIpc) is 2.74. The number of hydrogen-bond donors (Lipinski definition) is 1. The number of oxazole rings is 1. The Balaban J connectivity index is 2.02. The third kappa shape index (κ3) is 1.96. The van der Waals surface area contributed by atoms with Crippen LogP contribution in [0.2, 0.25) is 0 Å². The standard InChI is InChI=1S/C10H16N2O2/c1-7-3-8(6-13-7)9-4-12-10(14-9)5-11-2/h4,7-8,11H,3,5-6H2,1-2H3. The summed E-state index contributed by atoms with van der Waals surface area (Å²) in [5.74, 6) is 2.10. The molecule has 0 bridgehead atoms. The summed E-state index contributed by atoms with van der Waals surface area (Å²) in [5, 5.41) is 3.01. The third-order valence-corrected chi connectivity index (χ3v) is 2.50. The number of rotatable bonds is 3. The molecule has 1 aliphatic rings. The fourth-order valence-electron chi connectivity index (χ4n) is 1.76. The Morgan fingerprint density at radius 2 is 2.50 bits per heavy atom.